The van der Waals surface area contributed by atoms with Gasteiger partial charge in [-0.1, -0.05) is 11.6 Å². The molecule has 0 amide bonds. The van der Waals surface area contributed by atoms with Crippen molar-refractivity contribution in [1.82, 2.24) is 24.6 Å². The first-order chi connectivity index (χ1) is 10.5. The first kappa shape index (κ1) is 19.8. The molecule has 0 fully saturated rings. The third kappa shape index (κ3) is 5.72. The molecule has 0 saturated carbocycles. The lowest BCUT2D eigenvalue weighted by atomic mass is 10.3. The number of hydrogen-bond acceptors (Lipinski definition) is 2. The molecule has 0 aliphatic heterocycles. The Balaban J connectivity index is 0.00000264. The summed E-state index contributed by atoms with van der Waals surface area (Å²) in [4.78, 5) is 6.75. The zero-order chi connectivity index (χ0) is 16.1. The van der Waals surface area contributed by atoms with Gasteiger partial charge in [-0.2, -0.15) is 5.10 Å². The Morgan fingerprint density at radius 3 is 2.65 bits per heavy atom. The number of hydrogen-bond donors (Lipinski definition) is 1. The largest absolute Gasteiger partial charge is 0.357 e. The number of halogens is 2. The molecule has 0 aliphatic carbocycles. The van der Waals surface area contributed by atoms with E-state index >= 15 is 0 Å². The number of nitrogens with one attached hydrogen (secondary N) is 1. The number of aromatic nitrogens is 3. The molecule has 0 unspecified atom stereocenters. The van der Waals surface area contributed by atoms with Crippen LogP contribution in [0, 0.1) is 0 Å². The summed E-state index contributed by atoms with van der Waals surface area (Å²) in [6, 6.07) is 1.97. The fourth-order valence-corrected chi connectivity index (χ4v) is 2.50. The highest BCUT2D eigenvalue weighted by Gasteiger charge is 2.09. The predicted octanol–water partition coefficient (Wildman–Crippen LogP) is 2.63. The van der Waals surface area contributed by atoms with Crippen molar-refractivity contribution in [3.8, 4) is 0 Å². The maximum Gasteiger partial charge on any atom is 0.194 e. The summed E-state index contributed by atoms with van der Waals surface area (Å²) in [7, 11) is 5.92. The number of rotatable bonds is 5. The Labute approximate surface area is 159 Å². The van der Waals surface area contributed by atoms with Gasteiger partial charge in [0.15, 0.2) is 5.96 Å². The molecule has 0 atom stereocenters. The van der Waals surface area contributed by atoms with Crippen LogP contribution >= 0.6 is 35.6 Å². The Kier molecular flexibility index (Phi) is 7.90. The van der Waals surface area contributed by atoms with Gasteiger partial charge >= 0.3 is 0 Å². The third-order valence-corrected chi connectivity index (χ3v) is 3.55. The molecule has 2 rings (SSSR count). The molecule has 0 aliphatic rings. The van der Waals surface area contributed by atoms with E-state index in [-0.39, 0.29) is 24.0 Å². The summed E-state index contributed by atoms with van der Waals surface area (Å²) >= 11 is 6.04. The van der Waals surface area contributed by atoms with Crippen LogP contribution in [-0.4, -0.2) is 38.8 Å². The zero-order valence-electron chi connectivity index (χ0n) is 14.0. The molecular weight excluding hydrogens is 427 g/mol. The molecule has 0 spiro atoms. The number of aryl methyl sites for hydroxylation is 2. The van der Waals surface area contributed by atoms with Crippen molar-refractivity contribution in [2.45, 2.75) is 20.0 Å². The van der Waals surface area contributed by atoms with Crippen LogP contribution in [0.3, 0.4) is 0 Å². The molecule has 2 aromatic rings. The van der Waals surface area contributed by atoms with Crippen LogP contribution in [0.1, 0.15) is 18.2 Å². The molecule has 0 aromatic carbocycles. The lowest BCUT2D eigenvalue weighted by Crippen LogP contribution is -2.38. The fraction of sp³-hybridized carbons (Fsp3) is 0.467. The fourth-order valence-electron chi connectivity index (χ4n) is 2.23. The van der Waals surface area contributed by atoms with Crippen molar-refractivity contribution in [2.24, 2.45) is 19.1 Å². The van der Waals surface area contributed by atoms with E-state index in [1.807, 2.05) is 50.4 Å². The maximum atomic E-state index is 6.04. The topological polar surface area (TPSA) is 50.4 Å². The van der Waals surface area contributed by atoms with Crippen LogP contribution in [0.2, 0.25) is 5.02 Å². The summed E-state index contributed by atoms with van der Waals surface area (Å²) in [5, 5.41) is 8.23. The molecule has 1 N–H and O–H groups in total. The van der Waals surface area contributed by atoms with Crippen molar-refractivity contribution in [2.75, 3.05) is 13.6 Å². The van der Waals surface area contributed by atoms with Gasteiger partial charge in [-0.3, -0.25) is 4.68 Å². The van der Waals surface area contributed by atoms with E-state index in [1.165, 1.54) is 0 Å². The molecule has 2 heterocycles. The van der Waals surface area contributed by atoms with E-state index in [0.29, 0.717) is 6.54 Å². The summed E-state index contributed by atoms with van der Waals surface area (Å²) in [6.45, 7) is 4.23. The van der Waals surface area contributed by atoms with Crippen LogP contribution in [0.4, 0.5) is 0 Å². The molecule has 0 radical (unpaired) electrons. The molecular formula is C15H24ClIN6. The van der Waals surface area contributed by atoms with Gasteiger partial charge < -0.3 is 14.8 Å². The summed E-state index contributed by atoms with van der Waals surface area (Å²) < 4.78 is 3.82. The highest BCUT2D eigenvalue weighted by atomic mass is 127. The Hall–Kier alpha value is -1.22. The quantitative estimate of drug-likeness (QED) is 0.433. The minimum absolute atomic E-state index is 0. The van der Waals surface area contributed by atoms with E-state index in [0.717, 1.165) is 35.3 Å². The second-order valence-corrected chi connectivity index (χ2v) is 5.75. The van der Waals surface area contributed by atoms with Gasteiger partial charge in [0.2, 0.25) is 0 Å². The van der Waals surface area contributed by atoms with Crippen molar-refractivity contribution < 1.29 is 0 Å². The molecule has 23 heavy (non-hydrogen) atoms. The summed E-state index contributed by atoms with van der Waals surface area (Å²) in [5.41, 5.74) is 2.23. The monoisotopic (exact) mass is 450 g/mol. The van der Waals surface area contributed by atoms with Gasteiger partial charge in [-0.15, -0.1) is 24.0 Å². The number of aliphatic imine (C=N–C) groups is 1. The summed E-state index contributed by atoms with van der Waals surface area (Å²) in [6.07, 6.45) is 5.72. The van der Waals surface area contributed by atoms with Crippen LogP contribution < -0.4 is 5.32 Å². The Morgan fingerprint density at radius 2 is 2.13 bits per heavy atom. The maximum absolute atomic E-state index is 6.04. The molecule has 6 nitrogen and oxygen atoms in total. The van der Waals surface area contributed by atoms with Gasteiger partial charge in [0.25, 0.3) is 0 Å². The SMILES string of the molecule is CCNC(=NCc1cnn(C)c1)N(C)Cc1cc(Cl)cn1C.I. The van der Waals surface area contributed by atoms with Crippen molar-refractivity contribution in [3.05, 3.63) is 40.9 Å². The number of guanidine groups is 1. The van der Waals surface area contributed by atoms with Crippen molar-refractivity contribution in [1.29, 1.82) is 0 Å². The van der Waals surface area contributed by atoms with Crippen molar-refractivity contribution >= 4 is 41.5 Å². The standard InChI is InChI=1S/C15H23ClN6.HI/c1-5-17-15(18-7-12-8-19-22(4)9-12)21(3)11-14-6-13(16)10-20(14)2;/h6,8-10H,5,7,11H2,1-4H3,(H,17,18);1H. The first-order valence-corrected chi connectivity index (χ1v) is 7.65. The Morgan fingerprint density at radius 1 is 1.39 bits per heavy atom. The van der Waals surface area contributed by atoms with Gasteiger partial charge in [0, 0.05) is 51.3 Å². The smallest absolute Gasteiger partial charge is 0.194 e. The van der Waals surface area contributed by atoms with E-state index in [2.05, 4.69) is 27.2 Å². The Bertz CT molecular complexity index is 648. The van der Waals surface area contributed by atoms with Crippen LogP contribution in [-0.2, 0) is 27.2 Å². The average molecular weight is 451 g/mol. The van der Waals surface area contributed by atoms with Crippen LogP contribution in [0.15, 0.2) is 29.6 Å². The second kappa shape index (κ2) is 9.17. The molecule has 2 aromatic heterocycles. The van der Waals surface area contributed by atoms with Crippen LogP contribution in [0.25, 0.3) is 0 Å². The minimum atomic E-state index is 0. The van der Waals surface area contributed by atoms with Gasteiger partial charge in [0.1, 0.15) is 0 Å². The predicted molar refractivity (Wildman–Crippen MR) is 105 cm³/mol. The normalized spacial score (nSPS) is 11.3. The molecule has 0 bridgehead atoms. The van der Waals surface area contributed by atoms with Gasteiger partial charge in [0.05, 0.1) is 24.3 Å². The van der Waals surface area contributed by atoms with E-state index in [1.54, 1.807) is 4.68 Å². The zero-order valence-corrected chi connectivity index (χ0v) is 17.0. The minimum Gasteiger partial charge on any atom is -0.357 e. The lowest BCUT2D eigenvalue weighted by Gasteiger charge is -2.22. The van der Waals surface area contributed by atoms with Gasteiger partial charge in [-0.25, -0.2) is 4.99 Å². The van der Waals surface area contributed by atoms with E-state index in [4.69, 9.17) is 11.6 Å². The number of nitrogens with zero attached hydrogens (tertiary/aromatic N) is 5. The van der Waals surface area contributed by atoms with E-state index < -0.39 is 0 Å². The summed E-state index contributed by atoms with van der Waals surface area (Å²) in [5.74, 6) is 0.865. The average Bonchev–Trinajstić information content (AvgIpc) is 3.00. The highest BCUT2D eigenvalue weighted by Crippen LogP contribution is 2.14. The van der Waals surface area contributed by atoms with Crippen molar-refractivity contribution in [3.63, 3.8) is 0 Å². The van der Waals surface area contributed by atoms with Gasteiger partial charge in [-0.05, 0) is 13.0 Å². The molecule has 8 heteroatoms. The highest BCUT2D eigenvalue weighted by molar-refractivity contribution is 14.0. The molecule has 0 saturated heterocycles. The molecule has 128 valence electrons. The second-order valence-electron chi connectivity index (χ2n) is 5.31. The lowest BCUT2D eigenvalue weighted by molar-refractivity contribution is 0.462. The third-order valence-electron chi connectivity index (χ3n) is 3.34. The van der Waals surface area contributed by atoms with E-state index in [9.17, 15) is 0 Å². The first-order valence-electron chi connectivity index (χ1n) is 7.27. The van der Waals surface area contributed by atoms with Crippen LogP contribution in [0.5, 0.6) is 0 Å².